The number of ether oxygens (including phenoxy) is 5. The second-order valence-corrected chi connectivity index (χ2v) is 6.35. The van der Waals surface area contributed by atoms with Crippen LogP contribution in [0.3, 0.4) is 0 Å². The Morgan fingerprint density at radius 1 is 1.08 bits per heavy atom. The van der Waals surface area contributed by atoms with Crippen LogP contribution in [0.15, 0.2) is 12.7 Å². The lowest BCUT2D eigenvalue weighted by Crippen LogP contribution is -2.50. The molecule has 0 aromatic heterocycles. The molecule has 1 aliphatic rings. The van der Waals surface area contributed by atoms with Gasteiger partial charge in [0.15, 0.2) is 5.78 Å². The van der Waals surface area contributed by atoms with Gasteiger partial charge in [-0.2, -0.15) is 0 Å². The molecule has 0 spiro atoms. The van der Waals surface area contributed by atoms with Gasteiger partial charge < -0.3 is 23.7 Å². The molecule has 140 valence electrons. The van der Waals surface area contributed by atoms with Gasteiger partial charge in [-0.05, 0) is 20.3 Å². The Hall–Kier alpha value is -0.790. The molecule has 0 aromatic rings. The van der Waals surface area contributed by atoms with Gasteiger partial charge in [0.05, 0.1) is 45.2 Å². The van der Waals surface area contributed by atoms with Crippen molar-refractivity contribution in [2.75, 3.05) is 46.2 Å². The summed E-state index contributed by atoms with van der Waals surface area (Å²) < 4.78 is 27.6. The van der Waals surface area contributed by atoms with E-state index in [0.717, 1.165) is 13.0 Å². The molecule has 0 aromatic carbocycles. The average molecular weight is 344 g/mol. The molecule has 1 aliphatic heterocycles. The Morgan fingerprint density at radius 3 is 2.17 bits per heavy atom. The number of hydrogen-bond donors (Lipinski definition) is 0. The Kier molecular flexibility index (Phi) is 10.4. The van der Waals surface area contributed by atoms with Gasteiger partial charge in [0, 0.05) is 13.0 Å². The highest BCUT2D eigenvalue weighted by atomic mass is 16.6. The van der Waals surface area contributed by atoms with Gasteiger partial charge in [-0.25, -0.2) is 0 Å². The number of rotatable bonds is 13. The van der Waals surface area contributed by atoms with Crippen molar-refractivity contribution in [3.63, 3.8) is 0 Å². The minimum absolute atomic E-state index is 0.0477. The van der Waals surface area contributed by atoms with Gasteiger partial charge in [-0.15, -0.1) is 6.58 Å². The number of hydrogen-bond acceptors (Lipinski definition) is 6. The first kappa shape index (κ1) is 21.3. The van der Waals surface area contributed by atoms with Crippen molar-refractivity contribution in [3.8, 4) is 0 Å². The van der Waals surface area contributed by atoms with Gasteiger partial charge >= 0.3 is 0 Å². The summed E-state index contributed by atoms with van der Waals surface area (Å²) in [6, 6.07) is 0. The van der Waals surface area contributed by atoms with Gasteiger partial charge in [0.1, 0.15) is 12.2 Å². The van der Waals surface area contributed by atoms with Crippen LogP contribution in [0, 0.1) is 0 Å². The average Bonchev–Trinajstić information content (AvgIpc) is 2.53. The minimum Gasteiger partial charge on any atom is -0.379 e. The maximum atomic E-state index is 12.2. The lowest BCUT2D eigenvalue weighted by Gasteiger charge is -2.38. The Morgan fingerprint density at radius 2 is 1.62 bits per heavy atom. The van der Waals surface area contributed by atoms with Gasteiger partial charge in [-0.3, -0.25) is 4.79 Å². The highest BCUT2D eigenvalue weighted by Gasteiger charge is 2.40. The van der Waals surface area contributed by atoms with E-state index < -0.39 is 17.8 Å². The van der Waals surface area contributed by atoms with Crippen molar-refractivity contribution >= 4 is 5.78 Å². The van der Waals surface area contributed by atoms with Crippen molar-refractivity contribution in [3.05, 3.63) is 12.7 Å². The van der Waals surface area contributed by atoms with E-state index >= 15 is 0 Å². The van der Waals surface area contributed by atoms with Crippen LogP contribution in [0.1, 0.15) is 33.6 Å². The predicted octanol–water partition coefficient (Wildman–Crippen LogP) is 2.15. The second kappa shape index (κ2) is 11.7. The standard InChI is InChI=1S/C18H32O6/c1-5-7-20-8-9-21-10-11-22-12-13-23-17-15(19)14-18(3,4)24-16(17)6-2/h6,16-17H,2,5,7-14H2,1,3-4H3/t16-,17+/m1/s1. The molecule has 0 bridgehead atoms. The predicted molar refractivity (Wildman–Crippen MR) is 91.3 cm³/mol. The van der Waals surface area contributed by atoms with E-state index in [0.29, 0.717) is 46.1 Å². The molecule has 6 nitrogen and oxygen atoms in total. The number of carbonyl (C=O) groups is 1. The first-order valence-electron chi connectivity index (χ1n) is 8.68. The lowest BCUT2D eigenvalue weighted by molar-refractivity contribution is -0.176. The van der Waals surface area contributed by atoms with Crippen molar-refractivity contribution < 1.29 is 28.5 Å². The van der Waals surface area contributed by atoms with Crippen LogP contribution in [-0.2, 0) is 28.5 Å². The third-order valence-electron chi connectivity index (χ3n) is 3.52. The molecule has 24 heavy (non-hydrogen) atoms. The highest BCUT2D eigenvalue weighted by molar-refractivity contribution is 5.85. The molecule has 0 unspecified atom stereocenters. The molecular formula is C18H32O6. The van der Waals surface area contributed by atoms with Crippen LogP contribution in [0.5, 0.6) is 0 Å². The summed E-state index contributed by atoms with van der Waals surface area (Å²) in [6.45, 7) is 13.3. The van der Waals surface area contributed by atoms with E-state index in [1.165, 1.54) is 0 Å². The monoisotopic (exact) mass is 344 g/mol. The second-order valence-electron chi connectivity index (χ2n) is 6.35. The Bertz CT molecular complexity index is 369. The van der Waals surface area contributed by atoms with Crippen molar-refractivity contribution in [1.82, 2.24) is 0 Å². The summed E-state index contributed by atoms with van der Waals surface area (Å²) in [4.78, 5) is 12.2. The summed E-state index contributed by atoms with van der Waals surface area (Å²) in [5.41, 5.74) is -0.468. The smallest absolute Gasteiger partial charge is 0.167 e. The third-order valence-corrected chi connectivity index (χ3v) is 3.52. The normalized spacial score (nSPS) is 23.4. The van der Waals surface area contributed by atoms with Crippen LogP contribution in [-0.4, -0.2) is 69.8 Å². The molecule has 2 atom stereocenters. The first-order chi connectivity index (χ1) is 11.5. The zero-order chi connectivity index (χ0) is 17.8. The zero-order valence-electron chi connectivity index (χ0n) is 15.3. The van der Waals surface area contributed by atoms with Crippen LogP contribution >= 0.6 is 0 Å². The fourth-order valence-corrected chi connectivity index (χ4v) is 2.45. The molecular weight excluding hydrogens is 312 g/mol. The lowest BCUT2D eigenvalue weighted by atomic mass is 9.92. The Labute approximate surface area is 145 Å². The van der Waals surface area contributed by atoms with Gasteiger partial charge in [0.25, 0.3) is 0 Å². The summed E-state index contributed by atoms with van der Waals surface area (Å²) >= 11 is 0. The molecule has 0 aliphatic carbocycles. The molecule has 1 rings (SSSR count). The zero-order valence-corrected chi connectivity index (χ0v) is 15.3. The summed E-state index contributed by atoms with van der Waals surface area (Å²) in [7, 11) is 0. The number of Topliss-reactive ketones (excluding diaryl/α,β-unsaturated/α-hetero) is 1. The van der Waals surface area contributed by atoms with E-state index in [2.05, 4.69) is 13.5 Å². The van der Waals surface area contributed by atoms with Crippen molar-refractivity contribution in [1.29, 1.82) is 0 Å². The number of carbonyl (C=O) groups excluding carboxylic acids is 1. The quantitative estimate of drug-likeness (QED) is 0.377. The summed E-state index contributed by atoms with van der Waals surface area (Å²) in [5.74, 6) is 0.0477. The molecule has 1 fully saturated rings. The molecule has 0 saturated carbocycles. The van der Waals surface area contributed by atoms with Crippen molar-refractivity contribution in [2.45, 2.75) is 51.4 Å². The topological polar surface area (TPSA) is 63.2 Å². The van der Waals surface area contributed by atoms with Crippen LogP contribution < -0.4 is 0 Å². The largest absolute Gasteiger partial charge is 0.379 e. The van der Waals surface area contributed by atoms with Crippen LogP contribution in [0.2, 0.25) is 0 Å². The Balaban J connectivity index is 2.06. The van der Waals surface area contributed by atoms with E-state index in [1.807, 2.05) is 13.8 Å². The van der Waals surface area contributed by atoms with Crippen LogP contribution in [0.25, 0.3) is 0 Å². The fraction of sp³-hybridized carbons (Fsp3) is 0.833. The summed E-state index contributed by atoms with van der Waals surface area (Å²) in [6.07, 6.45) is 1.98. The molecule has 1 saturated heterocycles. The third kappa shape index (κ3) is 8.35. The van der Waals surface area contributed by atoms with Crippen molar-refractivity contribution in [2.24, 2.45) is 0 Å². The minimum atomic E-state index is -0.592. The van der Waals surface area contributed by atoms with Gasteiger partial charge in [0.2, 0.25) is 0 Å². The molecule has 1 heterocycles. The fourth-order valence-electron chi connectivity index (χ4n) is 2.45. The maximum Gasteiger partial charge on any atom is 0.167 e. The van der Waals surface area contributed by atoms with Crippen LogP contribution in [0.4, 0.5) is 0 Å². The van der Waals surface area contributed by atoms with E-state index in [-0.39, 0.29) is 5.78 Å². The van der Waals surface area contributed by atoms with E-state index in [9.17, 15) is 4.79 Å². The van der Waals surface area contributed by atoms with Gasteiger partial charge in [-0.1, -0.05) is 13.0 Å². The SMILES string of the molecule is C=C[C@H]1OC(C)(C)CC(=O)[C@@H]1OCCOCCOCCOCCC. The highest BCUT2D eigenvalue weighted by Crippen LogP contribution is 2.28. The molecule has 0 radical (unpaired) electrons. The summed E-state index contributed by atoms with van der Waals surface area (Å²) in [5, 5.41) is 0. The molecule has 6 heteroatoms. The number of ketones is 1. The molecule has 0 amide bonds. The first-order valence-corrected chi connectivity index (χ1v) is 8.68. The van der Waals surface area contributed by atoms with E-state index in [4.69, 9.17) is 23.7 Å². The van der Waals surface area contributed by atoms with E-state index in [1.54, 1.807) is 6.08 Å². The molecule has 0 N–H and O–H groups in total. The maximum absolute atomic E-state index is 12.2.